The fourth-order valence-electron chi connectivity index (χ4n) is 3.64. The van der Waals surface area contributed by atoms with Gasteiger partial charge in [-0.15, -0.1) is 0 Å². The minimum atomic E-state index is 0.0106. The molecule has 1 aromatic rings. The molecular formula is C19H28N2O3. The molecule has 2 heterocycles. The summed E-state index contributed by atoms with van der Waals surface area (Å²) in [7, 11) is 1.72. The minimum Gasteiger partial charge on any atom is -0.384 e. The molecule has 2 fully saturated rings. The number of ether oxygens (including phenoxy) is 2. The summed E-state index contributed by atoms with van der Waals surface area (Å²) in [5.41, 5.74) is 1.31. The maximum absolute atomic E-state index is 12.5. The zero-order valence-corrected chi connectivity index (χ0v) is 14.5. The highest BCUT2D eigenvalue weighted by Gasteiger charge is 2.29. The van der Waals surface area contributed by atoms with Crippen molar-refractivity contribution in [3.05, 3.63) is 35.9 Å². The van der Waals surface area contributed by atoms with Gasteiger partial charge in [0.2, 0.25) is 5.91 Å². The molecule has 0 aliphatic carbocycles. The first kappa shape index (κ1) is 17.4. The van der Waals surface area contributed by atoms with Gasteiger partial charge in [0.25, 0.3) is 0 Å². The Morgan fingerprint density at radius 1 is 1.25 bits per heavy atom. The molecule has 0 N–H and O–H groups in total. The van der Waals surface area contributed by atoms with E-state index in [0.29, 0.717) is 18.9 Å². The van der Waals surface area contributed by atoms with Crippen LogP contribution in [0.3, 0.4) is 0 Å². The van der Waals surface area contributed by atoms with Crippen molar-refractivity contribution in [2.75, 3.05) is 46.5 Å². The van der Waals surface area contributed by atoms with E-state index in [4.69, 9.17) is 9.47 Å². The van der Waals surface area contributed by atoms with Crippen LogP contribution < -0.4 is 0 Å². The number of carbonyl (C=O) groups is 1. The fourth-order valence-corrected chi connectivity index (χ4v) is 3.64. The van der Waals surface area contributed by atoms with Crippen molar-refractivity contribution in [2.45, 2.75) is 25.5 Å². The summed E-state index contributed by atoms with van der Waals surface area (Å²) in [5.74, 6) is 0.709. The van der Waals surface area contributed by atoms with Gasteiger partial charge in [0.1, 0.15) is 0 Å². The van der Waals surface area contributed by atoms with Gasteiger partial charge in [-0.3, -0.25) is 9.69 Å². The zero-order valence-electron chi connectivity index (χ0n) is 14.5. The van der Waals surface area contributed by atoms with E-state index in [1.165, 1.54) is 5.56 Å². The third-order valence-electron chi connectivity index (χ3n) is 4.92. The number of methoxy groups -OCH3 is 1. The van der Waals surface area contributed by atoms with Crippen LogP contribution in [0.2, 0.25) is 0 Å². The molecule has 0 saturated carbocycles. The number of likely N-dealkylation sites (tertiary alicyclic amines) is 1. The number of nitrogens with zero attached hydrogens (tertiary/aromatic N) is 2. The number of morpholine rings is 1. The molecule has 0 bridgehead atoms. The van der Waals surface area contributed by atoms with Gasteiger partial charge in [0.05, 0.1) is 25.7 Å². The summed E-state index contributed by atoms with van der Waals surface area (Å²) >= 11 is 0. The second kappa shape index (κ2) is 8.60. The Hall–Kier alpha value is -1.43. The summed E-state index contributed by atoms with van der Waals surface area (Å²) < 4.78 is 11.0. The summed E-state index contributed by atoms with van der Waals surface area (Å²) in [6.07, 6.45) is 1.55. The first-order valence-electron chi connectivity index (χ1n) is 8.89. The number of benzene rings is 1. The summed E-state index contributed by atoms with van der Waals surface area (Å²) in [5, 5.41) is 0. The van der Waals surface area contributed by atoms with Crippen LogP contribution in [-0.2, 0) is 20.8 Å². The van der Waals surface area contributed by atoms with E-state index in [1.807, 2.05) is 11.0 Å². The van der Waals surface area contributed by atoms with Gasteiger partial charge in [-0.1, -0.05) is 30.3 Å². The Kier molecular flexibility index (Phi) is 6.24. The van der Waals surface area contributed by atoms with Crippen molar-refractivity contribution in [1.29, 1.82) is 0 Å². The van der Waals surface area contributed by atoms with Crippen LogP contribution in [0, 0.1) is 5.92 Å². The lowest BCUT2D eigenvalue weighted by atomic mass is 10.1. The molecular weight excluding hydrogens is 304 g/mol. The van der Waals surface area contributed by atoms with Gasteiger partial charge in [0, 0.05) is 45.8 Å². The normalized spacial score (nSPS) is 25.1. The highest BCUT2D eigenvalue weighted by molar-refractivity contribution is 5.77. The van der Waals surface area contributed by atoms with Crippen LogP contribution in [0.15, 0.2) is 30.3 Å². The Labute approximate surface area is 144 Å². The molecule has 2 aliphatic heterocycles. The zero-order chi connectivity index (χ0) is 16.8. The molecule has 2 atom stereocenters. The molecule has 5 heteroatoms. The van der Waals surface area contributed by atoms with Crippen LogP contribution in [0.25, 0.3) is 0 Å². The van der Waals surface area contributed by atoms with E-state index in [0.717, 1.165) is 45.8 Å². The van der Waals surface area contributed by atoms with E-state index in [-0.39, 0.29) is 12.0 Å². The van der Waals surface area contributed by atoms with Crippen molar-refractivity contribution >= 4 is 5.91 Å². The molecule has 2 saturated heterocycles. The monoisotopic (exact) mass is 332 g/mol. The number of hydrogen-bond acceptors (Lipinski definition) is 4. The van der Waals surface area contributed by atoms with Gasteiger partial charge >= 0.3 is 0 Å². The maximum atomic E-state index is 12.5. The molecule has 132 valence electrons. The standard InChI is InChI=1S/C19H28N2O3/c1-23-15-17-7-8-21(13-17)19(22)11-18-14-20(9-10-24-18)12-16-5-3-2-4-6-16/h2-6,17-18H,7-15H2,1H3/t17-,18+/m1/s1. The number of hydrogen-bond donors (Lipinski definition) is 0. The third kappa shape index (κ3) is 4.79. The first-order chi connectivity index (χ1) is 11.7. The number of amides is 1. The van der Waals surface area contributed by atoms with E-state index >= 15 is 0 Å². The highest BCUT2D eigenvalue weighted by atomic mass is 16.5. The van der Waals surface area contributed by atoms with Gasteiger partial charge in [-0.25, -0.2) is 0 Å². The molecule has 3 rings (SSSR count). The molecule has 5 nitrogen and oxygen atoms in total. The maximum Gasteiger partial charge on any atom is 0.225 e. The molecule has 0 radical (unpaired) electrons. The van der Waals surface area contributed by atoms with Crippen molar-refractivity contribution in [3.63, 3.8) is 0 Å². The molecule has 1 amide bonds. The molecule has 0 aromatic heterocycles. The molecule has 24 heavy (non-hydrogen) atoms. The third-order valence-corrected chi connectivity index (χ3v) is 4.92. The van der Waals surface area contributed by atoms with Crippen LogP contribution in [0.1, 0.15) is 18.4 Å². The summed E-state index contributed by atoms with van der Waals surface area (Å²) in [6.45, 7) is 5.82. The van der Waals surface area contributed by atoms with E-state index in [1.54, 1.807) is 7.11 Å². The van der Waals surface area contributed by atoms with E-state index < -0.39 is 0 Å². The second-order valence-corrected chi connectivity index (χ2v) is 6.87. The SMILES string of the molecule is COC[C@@H]1CCN(C(=O)C[C@H]2CN(Cc3ccccc3)CCO2)C1. The van der Waals surface area contributed by atoms with Crippen LogP contribution in [-0.4, -0.2) is 68.3 Å². The molecule has 1 aromatic carbocycles. The van der Waals surface area contributed by atoms with Crippen molar-refractivity contribution in [2.24, 2.45) is 5.92 Å². The molecule has 0 spiro atoms. The Morgan fingerprint density at radius 2 is 2.08 bits per heavy atom. The second-order valence-electron chi connectivity index (χ2n) is 6.87. The topological polar surface area (TPSA) is 42.0 Å². The average Bonchev–Trinajstić information content (AvgIpc) is 3.05. The lowest BCUT2D eigenvalue weighted by Gasteiger charge is -2.33. The van der Waals surface area contributed by atoms with Gasteiger partial charge in [0.15, 0.2) is 0 Å². The lowest BCUT2D eigenvalue weighted by Crippen LogP contribution is -2.44. The predicted molar refractivity (Wildman–Crippen MR) is 92.6 cm³/mol. The van der Waals surface area contributed by atoms with Gasteiger partial charge in [-0.2, -0.15) is 0 Å². The molecule has 0 unspecified atom stereocenters. The Bertz CT molecular complexity index is 523. The smallest absolute Gasteiger partial charge is 0.225 e. The van der Waals surface area contributed by atoms with Crippen molar-refractivity contribution in [1.82, 2.24) is 9.80 Å². The van der Waals surface area contributed by atoms with Crippen molar-refractivity contribution in [3.8, 4) is 0 Å². The van der Waals surface area contributed by atoms with E-state index in [9.17, 15) is 4.79 Å². The van der Waals surface area contributed by atoms with E-state index in [2.05, 4.69) is 29.2 Å². The predicted octanol–water partition coefficient (Wildman–Crippen LogP) is 1.77. The van der Waals surface area contributed by atoms with Crippen molar-refractivity contribution < 1.29 is 14.3 Å². The fraction of sp³-hybridized carbons (Fsp3) is 0.632. The number of carbonyl (C=O) groups excluding carboxylic acids is 1. The summed E-state index contributed by atoms with van der Waals surface area (Å²) in [4.78, 5) is 16.9. The first-order valence-corrected chi connectivity index (χ1v) is 8.89. The lowest BCUT2D eigenvalue weighted by molar-refractivity contribution is -0.135. The summed E-state index contributed by atoms with van der Waals surface area (Å²) in [6, 6.07) is 10.5. The van der Waals surface area contributed by atoms with Crippen LogP contribution in [0.5, 0.6) is 0 Å². The Morgan fingerprint density at radius 3 is 2.88 bits per heavy atom. The number of rotatable bonds is 6. The van der Waals surface area contributed by atoms with Gasteiger partial charge < -0.3 is 14.4 Å². The van der Waals surface area contributed by atoms with Gasteiger partial charge in [-0.05, 0) is 12.0 Å². The Balaban J connectivity index is 1.46. The molecule has 2 aliphatic rings. The van der Waals surface area contributed by atoms with Crippen LogP contribution >= 0.6 is 0 Å². The minimum absolute atomic E-state index is 0.0106. The largest absolute Gasteiger partial charge is 0.384 e. The van der Waals surface area contributed by atoms with Crippen LogP contribution in [0.4, 0.5) is 0 Å². The average molecular weight is 332 g/mol. The highest BCUT2D eigenvalue weighted by Crippen LogP contribution is 2.19. The quantitative estimate of drug-likeness (QED) is 0.796.